The van der Waals surface area contributed by atoms with Crippen LogP contribution in [0.5, 0.6) is 0 Å². The molecule has 1 saturated carbocycles. The summed E-state index contributed by atoms with van der Waals surface area (Å²) in [4.78, 5) is 27.5. The second-order valence-corrected chi connectivity index (χ2v) is 9.45. The zero-order chi connectivity index (χ0) is 26.3. The lowest BCUT2D eigenvalue weighted by atomic mass is 9.85. The zero-order valence-corrected chi connectivity index (χ0v) is 19.5. The number of likely N-dealkylation sites (tertiary alicyclic amines) is 1. The van der Waals surface area contributed by atoms with Gasteiger partial charge in [0.15, 0.2) is 0 Å². The Kier molecular flexibility index (Phi) is 10.3. The van der Waals surface area contributed by atoms with E-state index in [0.717, 1.165) is 32.2 Å². The molecule has 3 aliphatic rings. The van der Waals surface area contributed by atoms with Gasteiger partial charge in [0.05, 0.1) is 19.8 Å². The van der Waals surface area contributed by atoms with Gasteiger partial charge in [-0.1, -0.05) is 0 Å². The highest BCUT2D eigenvalue weighted by atomic mass is 32.1. The van der Waals surface area contributed by atoms with E-state index in [2.05, 4.69) is 20.2 Å². The summed E-state index contributed by atoms with van der Waals surface area (Å²) >= 11 is 1.77. The molecule has 2 N–H and O–H groups in total. The number of hydrogen-bond acceptors (Lipinski definition) is 7. The largest absolute Gasteiger partial charge is 0.490 e. The fourth-order valence-corrected chi connectivity index (χ4v) is 4.43. The van der Waals surface area contributed by atoms with Crippen molar-refractivity contribution in [3.05, 3.63) is 16.6 Å². The van der Waals surface area contributed by atoms with Gasteiger partial charge in [-0.2, -0.15) is 26.3 Å². The van der Waals surface area contributed by atoms with Gasteiger partial charge in [0.25, 0.3) is 0 Å². The predicted molar refractivity (Wildman–Crippen MR) is 112 cm³/mol. The van der Waals surface area contributed by atoms with E-state index in [4.69, 9.17) is 24.5 Å². The highest BCUT2D eigenvalue weighted by Crippen LogP contribution is 2.37. The summed E-state index contributed by atoms with van der Waals surface area (Å²) in [5, 5.41) is 17.6. The molecule has 0 aromatic carbocycles. The van der Waals surface area contributed by atoms with Gasteiger partial charge in [0.1, 0.15) is 5.01 Å². The van der Waals surface area contributed by atoms with Crippen LogP contribution in [0.3, 0.4) is 0 Å². The van der Waals surface area contributed by atoms with E-state index in [9.17, 15) is 26.3 Å². The Hall–Kier alpha value is -1.97. The average molecular weight is 536 g/mol. The predicted octanol–water partition coefficient (Wildman–Crippen LogP) is 3.49. The molecule has 35 heavy (non-hydrogen) atoms. The van der Waals surface area contributed by atoms with Crippen LogP contribution in [0.25, 0.3) is 0 Å². The lowest BCUT2D eigenvalue weighted by molar-refractivity contribution is -0.193. The first kappa shape index (κ1) is 29.3. The first-order valence-corrected chi connectivity index (χ1v) is 11.6. The number of ether oxygens (including phenoxy) is 1. The van der Waals surface area contributed by atoms with E-state index in [1.807, 2.05) is 6.20 Å². The van der Waals surface area contributed by atoms with Crippen LogP contribution in [-0.2, 0) is 20.9 Å². The summed E-state index contributed by atoms with van der Waals surface area (Å²) in [6.07, 6.45) is -2.85. The molecule has 2 saturated heterocycles. The number of aromatic nitrogens is 1. The van der Waals surface area contributed by atoms with E-state index in [0.29, 0.717) is 5.54 Å². The fraction of sp³-hybridized carbons (Fsp3) is 0.750. The van der Waals surface area contributed by atoms with Crippen molar-refractivity contribution >= 4 is 23.3 Å². The lowest BCUT2D eigenvalue weighted by Crippen LogP contribution is -2.61. The van der Waals surface area contributed by atoms with Crippen LogP contribution in [0.1, 0.15) is 30.7 Å². The number of carbonyl (C=O) groups is 2. The molecule has 0 unspecified atom stereocenters. The smallest absolute Gasteiger partial charge is 0.475 e. The van der Waals surface area contributed by atoms with Crippen molar-refractivity contribution in [2.75, 3.05) is 39.4 Å². The molecule has 1 aromatic heterocycles. The van der Waals surface area contributed by atoms with Crippen LogP contribution < -0.4 is 0 Å². The van der Waals surface area contributed by atoms with E-state index in [1.54, 1.807) is 11.3 Å². The maximum Gasteiger partial charge on any atom is 0.490 e. The maximum absolute atomic E-state index is 10.6. The third-order valence-electron chi connectivity index (χ3n) is 5.84. The Morgan fingerprint density at radius 3 is 2.03 bits per heavy atom. The number of morpholine rings is 1. The molecule has 2 aliphatic heterocycles. The third kappa shape index (κ3) is 9.89. The maximum atomic E-state index is 10.6. The van der Waals surface area contributed by atoms with E-state index >= 15 is 0 Å². The van der Waals surface area contributed by atoms with Gasteiger partial charge in [-0.25, -0.2) is 14.6 Å². The summed E-state index contributed by atoms with van der Waals surface area (Å²) in [5.41, 5.74) is 0.334. The quantitative estimate of drug-likeness (QED) is 0.565. The molecule has 200 valence electrons. The number of alkyl halides is 6. The summed E-state index contributed by atoms with van der Waals surface area (Å²) in [7, 11) is 0. The monoisotopic (exact) mass is 535 g/mol. The van der Waals surface area contributed by atoms with Gasteiger partial charge in [-0.15, -0.1) is 11.3 Å². The molecule has 4 rings (SSSR count). The Morgan fingerprint density at radius 1 is 1.06 bits per heavy atom. The Labute approximate surface area is 201 Å². The van der Waals surface area contributed by atoms with E-state index in [1.165, 1.54) is 50.3 Å². The summed E-state index contributed by atoms with van der Waals surface area (Å²) in [6, 6.07) is 0. The van der Waals surface area contributed by atoms with Crippen LogP contribution in [0, 0.1) is 5.92 Å². The van der Waals surface area contributed by atoms with Crippen molar-refractivity contribution in [2.24, 2.45) is 5.92 Å². The molecule has 15 heteroatoms. The van der Waals surface area contributed by atoms with Crippen LogP contribution >= 0.6 is 11.3 Å². The van der Waals surface area contributed by atoms with Crippen molar-refractivity contribution in [2.45, 2.75) is 50.1 Å². The van der Waals surface area contributed by atoms with Crippen LogP contribution in [0.4, 0.5) is 26.3 Å². The fourth-order valence-electron chi connectivity index (χ4n) is 3.77. The number of carboxylic acids is 2. The zero-order valence-electron chi connectivity index (χ0n) is 18.6. The third-order valence-corrected chi connectivity index (χ3v) is 6.60. The Morgan fingerprint density at radius 2 is 1.60 bits per heavy atom. The van der Waals surface area contributed by atoms with Crippen molar-refractivity contribution in [1.82, 2.24) is 14.8 Å². The van der Waals surface area contributed by atoms with Gasteiger partial charge in [0, 0.05) is 43.3 Å². The summed E-state index contributed by atoms with van der Waals surface area (Å²) < 4.78 is 69.3. The molecule has 1 spiro atoms. The lowest BCUT2D eigenvalue weighted by Gasteiger charge is -2.51. The standard InChI is InChI=1S/C16H25N3OS.2C2HF3O2/c1-2-14(1)11-19-8-9-20-13-16(19)3-6-18(7-4-16)12-15-17-5-10-21-15;2*3-2(4,5)1(6)7/h5,10,14H,1-4,6-9,11-13H2;2*(H,6,7). The number of nitrogens with zero attached hydrogens (tertiary/aromatic N) is 3. The van der Waals surface area contributed by atoms with Gasteiger partial charge in [-0.05, 0) is 31.6 Å². The minimum atomic E-state index is -5.08. The van der Waals surface area contributed by atoms with Crippen molar-refractivity contribution in [3.63, 3.8) is 0 Å². The summed E-state index contributed by atoms with van der Waals surface area (Å²) in [6.45, 7) is 7.73. The van der Waals surface area contributed by atoms with Gasteiger partial charge in [0.2, 0.25) is 0 Å². The molecule has 1 aliphatic carbocycles. The molecule has 1 aromatic rings. The molecule has 0 atom stereocenters. The topological polar surface area (TPSA) is 103 Å². The number of hydrogen-bond donors (Lipinski definition) is 2. The molecule has 3 heterocycles. The van der Waals surface area contributed by atoms with Gasteiger partial charge >= 0.3 is 24.3 Å². The Balaban J connectivity index is 0.000000257. The van der Waals surface area contributed by atoms with Crippen LogP contribution in [0.2, 0.25) is 0 Å². The SMILES string of the molecule is O=C(O)C(F)(F)F.O=C(O)C(F)(F)F.c1csc(CN2CCC3(CC2)COCCN3CC2CC2)n1. The number of thiazole rings is 1. The molecule has 8 nitrogen and oxygen atoms in total. The van der Waals surface area contributed by atoms with Crippen molar-refractivity contribution in [3.8, 4) is 0 Å². The second-order valence-electron chi connectivity index (χ2n) is 8.47. The van der Waals surface area contributed by atoms with Crippen molar-refractivity contribution in [1.29, 1.82) is 0 Å². The normalized spacial score (nSPS) is 20.9. The highest BCUT2D eigenvalue weighted by molar-refractivity contribution is 7.09. The minimum Gasteiger partial charge on any atom is -0.475 e. The average Bonchev–Trinajstić information content (AvgIpc) is 3.43. The number of rotatable bonds is 4. The number of halogens is 6. The Bertz CT molecular complexity index is 785. The number of carboxylic acid groups (broad SMARTS) is 2. The first-order valence-electron chi connectivity index (χ1n) is 10.8. The molecule has 0 bridgehead atoms. The molecule has 0 radical (unpaired) electrons. The molecular formula is C20H27F6N3O5S. The second kappa shape index (κ2) is 12.3. The first-order chi connectivity index (χ1) is 16.2. The van der Waals surface area contributed by atoms with E-state index in [-0.39, 0.29) is 0 Å². The van der Waals surface area contributed by atoms with E-state index < -0.39 is 24.3 Å². The summed E-state index contributed by atoms with van der Waals surface area (Å²) in [5.74, 6) is -4.53. The number of piperidine rings is 1. The van der Waals surface area contributed by atoms with Gasteiger partial charge < -0.3 is 14.9 Å². The minimum absolute atomic E-state index is 0.334. The van der Waals surface area contributed by atoms with Crippen LogP contribution in [0.15, 0.2) is 11.6 Å². The highest BCUT2D eigenvalue weighted by Gasteiger charge is 2.44. The molecular weight excluding hydrogens is 508 g/mol. The van der Waals surface area contributed by atoms with Crippen molar-refractivity contribution < 1.29 is 50.9 Å². The van der Waals surface area contributed by atoms with Crippen LogP contribution in [-0.4, -0.2) is 94.2 Å². The molecule has 0 amide bonds. The molecule has 3 fully saturated rings. The number of aliphatic carboxylic acids is 2. The van der Waals surface area contributed by atoms with Gasteiger partial charge in [-0.3, -0.25) is 9.80 Å².